The number of nitrogen functional groups attached to an aromatic ring is 1. The molecule has 0 aliphatic rings. The van der Waals surface area contributed by atoms with Crippen molar-refractivity contribution in [1.82, 2.24) is 9.97 Å². The molecular weight excluding hydrogens is 262 g/mol. The molecular formula is C13H11N3S2. The lowest BCUT2D eigenvalue weighted by Gasteiger charge is -2.06. The summed E-state index contributed by atoms with van der Waals surface area (Å²) in [4.78, 5) is 9.78. The summed E-state index contributed by atoms with van der Waals surface area (Å²) in [5, 5.41) is 4.18. The van der Waals surface area contributed by atoms with Gasteiger partial charge in [-0.25, -0.2) is 4.98 Å². The Morgan fingerprint density at radius 3 is 2.89 bits per heavy atom. The Bertz CT molecular complexity index is 706. The van der Waals surface area contributed by atoms with E-state index in [1.54, 1.807) is 29.3 Å². The molecule has 0 aliphatic carbocycles. The molecule has 0 fully saturated rings. The minimum absolute atomic E-state index is 0.784. The second kappa shape index (κ2) is 4.59. The van der Waals surface area contributed by atoms with Crippen LogP contribution in [-0.4, -0.2) is 9.97 Å². The molecule has 18 heavy (non-hydrogen) atoms. The van der Waals surface area contributed by atoms with E-state index in [0.717, 1.165) is 31.4 Å². The minimum atomic E-state index is 0.784. The van der Waals surface area contributed by atoms with Gasteiger partial charge in [0.15, 0.2) is 4.34 Å². The summed E-state index contributed by atoms with van der Waals surface area (Å²) < 4.78 is 1.04. The first-order chi connectivity index (χ1) is 8.74. The number of benzene rings is 1. The fourth-order valence-corrected chi connectivity index (χ4v) is 3.66. The molecule has 2 N–H and O–H groups in total. The number of nitrogens with two attached hydrogens (primary N) is 1. The highest BCUT2D eigenvalue weighted by Gasteiger charge is 2.07. The largest absolute Gasteiger partial charge is 0.398 e. The average Bonchev–Trinajstić information content (AvgIpc) is 2.79. The highest BCUT2D eigenvalue weighted by Crippen LogP contribution is 2.36. The third-order valence-electron chi connectivity index (χ3n) is 2.61. The Hall–Kier alpha value is -1.59. The topological polar surface area (TPSA) is 51.8 Å². The highest BCUT2D eigenvalue weighted by atomic mass is 32.2. The lowest BCUT2D eigenvalue weighted by molar-refractivity contribution is 1.16. The van der Waals surface area contributed by atoms with Gasteiger partial charge in [0.25, 0.3) is 0 Å². The quantitative estimate of drug-likeness (QED) is 0.723. The van der Waals surface area contributed by atoms with Crippen molar-refractivity contribution in [2.75, 3.05) is 5.73 Å². The second-order valence-corrected chi connectivity index (χ2v) is 6.08. The van der Waals surface area contributed by atoms with Gasteiger partial charge in [0, 0.05) is 44.8 Å². The molecule has 3 nitrogen and oxygen atoms in total. The molecule has 0 aliphatic heterocycles. The van der Waals surface area contributed by atoms with E-state index in [4.69, 9.17) is 5.73 Å². The molecule has 2 aromatic heterocycles. The van der Waals surface area contributed by atoms with Gasteiger partial charge in [0.1, 0.15) is 0 Å². The number of rotatable bonds is 2. The number of anilines is 1. The molecule has 1 aromatic carbocycles. The summed E-state index contributed by atoms with van der Waals surface area (Å²) in [5.41, 5.74) is 7.81. The molecule has 0 saturated carbocycles. The van der Waals surface area contributed by atoms with E-state index in [1.807, 2.05) is 31.3 Å². The van der Waals surface area contributed by atoms with Crippen molar-refractivity contribution in [2.24, 2.45) is 0 Å². The highest BCUT2D eigenvalue weighted by molar-refractivity contribution is 8.01. The van der Waals surface area contributed by atoms with Gasteiger partial charge in [0.2, 0.25) is 0 Å². The number of thiazole rings is 1. The minimum Gasteiger partial charge on any atom is -0.398 e. The predicted molar refractivity (Wildman–Crippen MR) is 77.1 cm³/mol. The van der Waals surface area contributed by atoms with Gasteiger partial charge in [-0.1, -0.05) is 11.8 Å². The first-order valence-electron chi connectivity index (χ1n) is 5.46. The van der Waals surface area contributed by atoms with Crippen LogP contribution in [0.15, 0.2) is 45.2 Å². The summed E-state index contributed by atoms with van der Waals surface area (Å²) >= 11 is 3.32. The average molecular weight is 273 g/mol. The lowest BCUT2D eigenvalue weighted by atomic mass is 10.1. The second-order valence-electron chi connectivity index (χ2n) is 3.93. The third kappa shape index (κ3) is 2.07. The van der Waals surface area contributed by atoms with Gasteiger partial charge in [0.05, 0.1) is 0 Å². The SMILES string of the molecule is Cc1csc(Sc2ccc(N)c3ccncc23)n1. The molecule has 0 saturated heterocycles. The molecule has 0 unspecified atom stereocenters. The molecule has 90 valence electrons. The van der Waals surface area contributed by atoms with Crippen LogP contribution in [0, 0.1) is 6.92 Å². The number of aryl methyl sites for hydroxylation is 1. The zero-order chi connectivity index (χ0) is 12.5. The lowest BCUT2D eigenvalue weighted by Crippen LogP contribution is -1.88. The zero-order valence-corrected chi connectivity index (χ0v) is 11.4. The van der Waals surface area contributed by atoms with Crippen LogP contribution < -0.4 is 5.73 Å². The molecule has 0 spiro atoms. The monoisotopic (exact) mass is 273 g/mol. The molecule has 2 heterocycles. The molecule has 0 bridgehead atoms. The van der Waals surface area contributed by atoms with Crippen molar-refractivity contribution in [2.45, 2.75) is 16.2 Å². The van der Waals surface area contributed by atoms with Gasteiger partial charge in [-0.2, -0.15) is 0 Å². The van der Waals surface area contributed by atoms with Crippen LogP contribution in [0.4, 0.5) is 5.69 Å². The van der Waals surface area contributed by atoms with Crippen molar-refractivity contribution in [3.8, 4) is 0 Å². The van der Waals surface area contributed by atoms with E-state index in [2.05, 4.69) is 15.3 Å². The normalized spacial score (nSPS) is 10.9. The fraction of sp³-hybridized carbons (Fsp3) is 0.0769. The Morgan fingerprint density at radius 2 is 2.11 bits per heavy atom. The van der Waals surface area contributed by atoms with E-state index in [1.165, 1.54) is 0 Å². The van der Waals surface area contributed by atoms with Crippen molar-refractivity contribution >= 4 is 39.6 Å². The summed E-state index contributed by atoms with van der Waals surface area (Å²) in [6, 6.07) is 5.91. The van der Waals surface area contributed by atoms with Gasteiger partial charge < -0.3 is 5.73 Å². The summed E-state index contributed by atoms with van der Waals surface area (Å²) in [6.45, 7) is 2.00. The van der Waals surface area contributed by atoms with Crippen LogP contribution in [0.2, 0.25) is 0 Å². The standard InChI is InChI=1S/C13H11N3S2/c1-8-7-17-13(16-8)18-12-3-2-11(14)9-4-5-15-6-10(9)12/h2-7H,14H2,1H3. The third-order valence-corrected chi connectivity index (χ3v) is 4.74. The molecule has 3 aromatic rings. The van der Waals surface area contributed by atoms with Crippen LogP contribution in [-0.2, 0) is 0 Å². The van der Waals surface area contributed by atoms with Crippen LogP contribution in [0.25, 0.3) is 10.8 Å². The maximum atomic E-state index is 5.97. The Balaban J connectivity index is 2.09. The van der Waals surface area contributed by atoms with E-state index in [-0.39, 0.29) is 0 Å². The first kappa shape index (κ1) is 11.5. The van der Waals surface area contributed by atoms with E-state index in [9.17, 15) is 0 Å². The summed E-state index contributed by atoms with van der Waals surface area (Å²) in [7, 11) is 0. The number of hydrogen-bond acceptors (Lipinski definition) is 5. The predicted octanol–water partition coefficient (Wildman–Crippen LogP) is 3.73. The molecule has 0 amide bonds. The zero-order valence-electron chi connectivity index (χ0n) is 9.75. The smallest absolute Gasteiger partial charge is 0.154 e. The number of nitrogens with zero attached hydrogens (tertiary/aromatic N) is 2. The number of hydrogen-bond donors (Lipinski definition) is 1. The van der Waals surface area contributed by atoms with Crippen molar-refractivity contribution in [3.63, 3.8) is 0 Å². The number of aromatic nitrogens is 2. The molecule has 0 radical (unpaired) electrons. The Morgan fingerprint density at radius 1 is 1.22 bits per heavy atom. The van der Waals surface area contributed by atoms with Crippen LogP contribution >= 0.6 is 23.1 Å². The Kier molecular flexibility index (Phi) is 2.93. The van der Waals surface area contributed by atoms with E-state index < -0.39 is 0 Å². The van der Waals surface area contributed by atoms with Gasteiger partial charge in [-0.15, -0.1) is 11.3 Å². The van der Waals surface area contributed by atoms with Crippen LogP contribution in [0.1, 0.15) is 5.69 Å². The van der Waals surface area contributed by atoms with E-state index >= 15 is 0 Å². The summed E-state index contributed by atoms with van der Waals surface area (Å²) in [6.07, 6.45) is 3.62. The van der Waals surface area contributed by atoms with E-state index in [0.29, 0.717) is 0 Å². The van der Waals surface area contributed by atoms with Crippen LogP contribution in [0.3, 0.4) is 0 Å². The van der Waals surface area contributed by atoms with Crippen molar-refractivity contribution in [3.05, 3.63) is 41.7 Å². The molecule has 3 rings (SSSR count). The fourth-order valence-electron chi connectivity index (χ4n) is 1.75. The van der Waals surface area contributed by atoms with Gasteiger partial charge in [-0.05, 0) is 25.1 Å². The van der Waals surface area contributed by atoms with Gasteiger partial charge >= 0.3 is 0 Å². The Labute approximate surface area is 113 Å². The number of fused-ring (bicyclic) bond motifs is 1. The van der Waals surface area contributed by atoms with Crippen LogP contribution in [0.5, 0.6) is 0 Å². The first-order valence-corrected chi connectivity index (χ1v) is 7.16. The van der Waals surface area contributed by atoms with Crippen molar-refractivity contribution in [1.29, 1.82) is 0 Å². The maximum Gasteiger partial charge on any atom is 0.154 e. The molecule has 5 heteroatoms. The molecule has 0 atom stereocenters. The summed E-state index contributed by atoms with van der Waals surface area (Å²) in [5.74, 6) is 0. The van der Waals surface area contributed by atoms with Crippen molar-refractivity contribution < 1.29 is 0 Å². The maximum absolute atomic E-state index is 5.97. The number of pyridine rings is 1. The van der Waals surface area contributed by atoms with Gasteiger partial charge in [-0.3, -0.25) is 4.98 Å².